The van der Waals surface area contributed by atoms with E-state index in [0.29, 0.717) is 0 Å². The van der Waals surface area contributed by atoms with Crippen molar-refractivity contribution in [2.24, 2.45) is 5.92 Å². The van der Waals surface area contributed by atoms with E-state index in [0.717, 1.165) is 17.7 Å². The lowest BCUT2D eigenvalue weighted by Crippen LogP contribution is -2.35. The van der Waals surface area contributed by atoms with Gasteiger partial charge in [-0.25, -0.2) is 9.36 Å². The molecule has 1 saturated heterocycles. The van der Waals surface area contributed by atoms with Crippen molar-refractivity contribution in [2.75, 3.05) is 20.3 Å². The lowest BCUT2D eigenvalue weighted by molar-refractivity contribution is -0.147. The first-order chi connectivity index (χ1) is 14.6. The summed E-state index contributed by atoms with van der Waals surface area (Å²) in [5.74, 6) is -0.877. The number of rotatable bonds is 11. The van der Waals surface area contributed by atoms with Crippen LogP contribution in [-0.4, -0.2) is 59.3 Å². The molecule has 12 nitrogen and oxygen atoms in total. The number of ether oxygens (including phenoxy) is 2. The van der Waals surface area contributed by atoms with Crippen molar-refractivity contribution in [2.45, 2.75) is 58.2 Å². The molecule has 2 rings (SSSR count). The fraction of sp³-hybridized carbons (Fsp3) is 0.722. The average molecular weight is 464 g/mol. The molecular weight excluding hydrogens is 435 g/mol. The highest BCUT2D eigenvalue weighted by Gasteiger charge is 2.43. The van der Waals surface area contributed by atoms with Crippen molar-refractivity contribution in [3.63, 3.8) is 0 Å². The summed E-state index contributed by atoms with van der Waals surface area (Å²) in [5, 5.41) is 10.4. The zero-order chi connectivity index (χ0) is 23.2. The summed E-state index contributed by atoms with van der Waals surface area (Å²) in [5.41, 5.74) is -1.30. The third-order valence-corrected chi connectivity index (χ3v) is 6.03. The maximum Gasteiger partial charge on any atom is 0.474 e. The minimum atomic E-state index is -3.92. The van der Waals surface area contributed by atoms with E-state index in [1.165, 1.54) is 6.20 Å². The Morgan fingerprint density at radius 3 is 2.68 bits per heavy atom. The van der Waals surface area contributed by atoms with Crippen molar-refractivity contribution < 1.29 is 37.5 Å². The Morgan fingerprint density at radius 1 is 1.35 bits per heavy atom. The fourth-order valence-corrected chi connectivity index (χ4v) is 3.90. The number of carbonyl (C=O) groups is 1. The number of aliphatic hydroxyl groups is 1. The van der Waals surface area contributed by atoms with Crippen LogP contribution in [0, 0.1) is 5.92 Å². The molecule has 1 aromatic heterocycles. The molecule has 0 saturated carbocycles. The summed E-state index contributed by atoms with van der Waals surface area (Å²) in [4.78, 5) is 36.8. The highest BCUT2D eigenvalue weighted by atomic mass is 31.2. The molecular formula is C18H29N2O10P. The number of nitrogens with one attached hydrogen (secondary N) is 1. The van der Waals surface area contributed by atoms with Crippen LogP contribution in [0.5, 0.6) is 0 Å². The summed E-state index contributed by atoms with van der Waals surface area (Å²) >= 11 is 0. The van der Waals surface area contributed by atoms with Gasteiger partial charge in [0.25, 0.3) is 5.56 Å². The van der Waals surface area contributed by atoms with E-state index in [2.05, 4.69) is 4.98 Å². The molecule has 1 unspecified atom stereocenters. The predicted molar refractivity (Wildman–Crippen MR) is 107 cm³/mol. The molecule has 0 amide bonds. The second kappa shape index (κ2) is 11.2. The largest absolute Gasteiger partial charge is 0.474 e. The van der Waals surface area contributed by atoms with E-state index in [4.69, 9.17) is 23.0 Å². The SMILES string of the molecule is COP(=O)(OCCCC(=O)OC(C)C)OC[C@H]1O[C@@H](n2ccc(=O)[nH]c2=O)[C@H](O)[C@@H]1C. The lowest BCUT2D eigenvalue weighted by Gasteiger charge is -2.20. The Hall–Kier alpha value is -1.82. The molecule has 13 heteroatoms. The summed E-state index contributed by atoms with van der Waals surface area (Å²) in [6.45, 7) is 4.85. The van der Waals surface area contributed by atoms with Crippen LogP contribution >= 0.6 is 7.82 Å². The number of phosphoric acid groups is 1. The number of hydrogen-bond acceptors (Lipinski definition) is 10. The Bertz CT molecular complexity index is 898. The number of aliphatic hydroxyl groups excluding tert-OH is 1. The number of carbonyl (C=O) groups excluding carboxylic acids is 1. The minimum absolute atomic E-state index is 0.0581. The van der Waals surface area contributed by atoms with Crippen LogP contribution in [0.15, 0.2) is 21.9 Å². The van der Waals surface area contributed by atoms with Crippen molar-refractivity contribution in [3.05, 3.63) is 33.1 Å². The summed E-state index contributed by atoms with van der Waals surface area (Å²) < 4.78 is 39.7. The van der Waals surface area contributed by atoms with E-state index in [9.17, 15) is 24.1 Å². The molecule has 1 aliphatic rings. The van der Waals surface area contributed by atoms with Crippen LogP contribution in [0.4, 0.5) is 0 Å². The summed E-state index contributed by atoms with van der Waals surface area (Å²) in [6.07, 6.45) is -1.51. The van der Waals surface area contributed by atoms with Crippen LogP contribution < -0.4 is 11.2 Å². The molecule has 0 aliphatic carbocycles. The van der Waals surface area contributed by atoms with Crippen molar-refractivity contribution in [1.82, 2.24) is 9.55 Å². The fourth-order valence-electron chi connectivity index (χ4n) is 2.93. The van der Waals surface area contributed by atoms with Gasteiger partial charge in [-0.3, -0.25) is 32.7 Å². The number of phosphoric ester groups is 1. The third kappa shape index (κ3) is 7.09. The highest BCUT2D eigenvalue weighted by Crippen LogP contribution is 2.49. The molecule has 2 heterocycles. The molecule has 0 spiro atoms. The summed E-state index contributed by atoms with van der Waals surface area (Å²) in [7, 11) is -2.77. The van der Waals surface area contributed by atoms with E-state index in [1.54, 1.807) is 20.8 Å². The van der Waals surface area contributed by atoms with Gasteiger partial charge in [0.15, 0.2) is 6.23 Å². The van der Waals surface area contributed by atoms with Gasteiger partial charge in [-0.1, -0.05) is 6.92 Å². The molecule has 1 fully saturated rings. The molecule has 31 heavy (non-hydrogen) atoms. The Labute approximate surface area is 179 Å². The van der Waals surface area contributed by atoms with E-state index in [1.807, 2.05) is 0 Å². The van der Waals surface area contributed by atoms with Gasteiger partial charge in [-0.05, 0) is 20.3 Å². The second-order valence-corrected chi connectivity index (χ2v) is 9.11. The maximum atomic E-state index is 12.6. The molecule has 2 N–H and O–H groups in total. The third-order valence-electron chi connectivity index (χ3n) is 4.62. The lowest BCUT2D eigenvalue weighted by atomic mass is 10.0. The smallest absolute Gasteiger partial charge is 0.463 e. The molecule has 0 radical (unpaired) electrons. The van der Waals surface area contributed by atoms with Gasteiger partial charge in [-0.2, -0.15) is 0 Å². The van der Waals surface area contributed by atoms with E-state index >= 15 is 0 Å². The Morgan fingerprint density at radius 2 is 2.06 bits per heavy atom. The van der Waals surface area contributed by atoms with Gasteiger partial charge in [0.1, 0.15) is 6.10 Å². The normalized spacial score (nSPS) is 25.5. The number of aromatic amines is 1. The minimum Gasteiger partial charge on any atom is -0.463 e. The van der Waals surface area contributed by atoms with Crippen molar-refractivity contribution in [3.8, 4) is 0 Å². The molecule has 176 valence electrons. The molecule has 5 atom stereocenters. The number of esters is 1. The molecule has 0 aromatic carbocycles. The quantitative estimate of drug-likeness (QED) is 0.275. The van der Waals surface area contributed by atoms with Crippen LogP contribution in [0.1, 0.15) is 39.8 Å². The number of nitrogens with zero attached hydrogens (tertiary/aromatic N) is 1. The zero-order valence-electron chi connectivity index (χ0n) is 17.9. The van der Waals surface area contributed by atoms with Crippen LogP contribution in [0.2, 0.25) is 0 Å². The van der Waals surface area contributed by atoms with Crippen LogP contribution in [0.25, 0.3) is 0 Å². The standard InChI is InChI=1S/C18H29N2O10P/c1-11(2)29-15(22)6-5-9-27-31(25,26-4)28-10-13-12(3)16(23)17(30-13)20-8-7-14(21)19-18(20)24/h7-8,11-13,16-17,23H,5-6,9-10H2,1-4H3,(H,19,21,24)/t12-,13-,16-,17-,31?/m1/s1. The van der Waals surface area contributed by atoms with E-state index in [-0.39, 0.29) is 32.2 Å². The highest BCUT2D eigenvalue weighted by molar-refractivity contribution is 7.48. The monoisotopic (exact) mass is 464 g/mol. The molecule has 0 bridgehead atoms. The second-order valence-electron chi connectivity index (χ2n) is 7.33. The first-order valence-electron chi connectivity index (χ1n) is 9.85. The zero-order valence-corrected chi connectivity index (χ0v) is 18.8. The number of aromatic nitrogens is 2. The molecule has 1 aliphatic heterocycles. The number of H-pyrrole nitrogens is 1. The topological polar surface area (TPSA) is 155 Å². The molecule has 1 aromatic rings. The predicted octanol–water partition coefficient (Wildman–Crippen LogP) is 0.951. The van der Waals surface area contributed by atoms with Gasteiger partial charge in [0.2, 0.25) is 0 Å². The van der Waals surface area contributed by atoms with Crippen LogP contribution in [-0.2, 0) is 32.4 Å². The number of hydrogen-bond donors (Lipinski definition) is 2. The van der Waals surface area contributed by atoms with Gasteiger partial charge >= 0.3 is 19.5 Å². The summed E-state index contributed by atoms with van der Waals surface area (Å²) in [6, 6.07) is 1.13. The Kier molecular flexibility index (Phi) is 9.16. The van der Waals surface area contributed by atoms with Gasteiger partial charge in [0.05, 0.1) is 25.4 Å². The Balaban J connectivity index is 1.89. The first-order valence-corrected chi connectivity index (χ1v) is 11.3. The van der Waals surface area contributed by atoms with Gasteiger partial charge in [0, 0.05) is 31.7 Å². The average Bonchev–Trinajstić information content (AvgIpc) is 2.98. The van der Waals surface area contributed by atoms with Crippen molar-refractivity contribution >= 4 is 13.8 Å². The maximum absolute atomic E-state index is 12.6. The first kappa shape index (κ1) is 25.4. The van der Waals surface area contributed by atoms with Gasteiger partial charge < -0.3 is 14.6 Å². The van der Waals surface area contributed by atoms with Crippen molar-refractivity contribution in [1.29, 1.82) is 0 Å². The van der Waals surface area contributed by atoms with E-state index < -0.39 is 49.4 Å². The van der Waals surface area contributed by atoms with Crippen LogP contribution in [0.3, 0.4) is 0 Å². The van der Waals surface area contributed by atoms with Gasteiger partial charge in [-0.15, -0.1) is 0 Å².